The minimum absolute atomic E-state index is 0.419. The molecule has 19 heavy (non-hydrogen) atoms. The van der Waals surface area contributed by atoms with Gasteiger partial charge in [0.05, 0.1) is 4.21 Å². The van der Waals surface area contributed by atoms with Crippen molar-refractivity contribution >= 4 is 23.1 Å². The van der Waals surface area contributed by atoms with Crippen LogP contribution in [0, 0.1) is 5.41 Å². The molecule has 0 aromatic carbocycles. The van der Waals surface area contributed by atoms with Crippen molar-refractivity contribution in [3.8, 4) is 0 Å². The van der Waals surface area contributed by atoms with Crippen LogP contribution in [-0.4, -0.2) is 25.0 Å². The molecule has 0 saturated carbocycles. The maximum absolute atomic E-state index is 5.49. The first-order valence-electron chi connectivity index (χ1n) is 7.21. The Bertz CT molecular complexity index is 426. The van der Waals surface area contributed by atoms with Gasteiger partial charge >= 0.3 is 0 Å². The zero-order valence-electron chi connectivity index (χ0n) is 11.8. The Morgan fingerprint density at radius 2 is 2.21 bits per heavy atom. The fraction of sp³-hybridized carbons (Fsp3) is 0.733. The number of nitrogens with one attached hydrogen (secondary N) is 1. The fourth-order valence-electron chi connectivity index (χ4n) is 2.95. The molecule has 0 aliphatic carbocycles. The quantitative estimate of drug-likeness (QED) is 0.908. The number of rotatable bonds is 3. The van der Waals surface area contributed by atoms with Gasteiger partial charge in [-0.2, -0.15) is 0 Å². The van der Waals surface area contributed by atoms with E-state index in [0.29, 0.717) is 11.5 Å². The predicted octanol–water partition coefficient (Wildman–Crippen LogP) is 4.08. The first-order valence-corrected chi connectivity index (χ1v) is 8.97. The lowest BCUT2D eigenvalue weighted by Gasteiger charge is -2.36. The summed E-state index contributed by atoms with van der Waals surface area (Å²) in [5, 5.41) is 6.81. The van der Waals surface area contributed by atoms with Crippen LogP contribution in [-0.2, 0) is 4.74 Å². The van der Waals surface area contributed by atoms with E-state index in [4.69, 9.17) is 4.74 Å². The van der Waals surface area contributed by atoms with Gasteiger partial charge in [0.2, 0.25) is 0 Å². The van der Waals surface area contributed by atoms with Crippen LogP contribution >= 0.6 is 23.1 Å². The SMILES string of the molecule is C[C@H]1CC(NCC2(C)CCOCC2)c2ccsc2S1. The molecule has 1 aromatic heterocycles. The number of hydrogen-bond donors (Lipinski definition) is 1. The van der Waals surface area contributed by atoms with Gasteiger partial charge in [0, 0.05) is 31.1 Å². The average molecular weight is 297 g/mol. The van der Waals surface area contributed by atoms with Crippen LogP contribution in [0.15, 0.2) is 15.7 Å². The van der Waals surface area contributed by atoms with Crippen LogP contribution in [0.3, 0.4) is 0 Å². The molecular weight excluding hydrogens is 274 g/mol. The van der Waals surface area contributed by atoms with Gasteiger partial charge in [0.15, 0.2) is 0 Å². The maximum atomic E-state index is 5.49. The minimum Gasteiger partial charge on any atom is -0.381 e. The van der Waals surface area contributed by atoms with Crippen molar-refractivity contribution in [1.82, 2.24) is 5.32 Å². The van der Waals surface area contributed by atoms with Crippen LogP contribution < -0.4 is 5.32 Å². The number of thiophene rings is 1. The van der Waals surface area contributed by atoms with Gasteiger partial charge < -0.3 is 10.1 Å². The second-order valence-corrected chi connectivity index (χ2v) is 8.81. The van der Waals surface area contributed by atoms with E-state index in [0.717, 1.165) is 25.0 Å². The van der Waals surface area contributed by atoms with E-state index in [1.807, 2.05) is 23.1 Å². The summed E-state index contributed by atoms with van der Waals surface area (Å²) in [6.07, 6.45) is 3.63. The van der Waals surface area contributed by atoms with Gasteiger partial charge in [0.1, 0.15) is 0 Å². The third-order valence-corrected chi connectivity index (χ3v) is 6.73. The molecule has 1 aromatic rings. The third kappa shape index (κ3) is 3.18. The highest BCUT2D eigenvalue weighted by Crippen LogP contribution is 2.44. The highest BCUT2D eigenvalue weighted by molar-refractivity contribution is 8.01. The second kappa shape index (κ2) is 5.76. The van der Waals surface area contributed by atoms with E-state index >= 15 is 0 Å². The molecule has 0 bridgehead atoms. The molecule has 1 unspecified atom stereocenters. The molecule has 0 amide bonds. The van der Waals surface area contributed by atoms with Crippen molar-refractivity contribution in [2.45, 2.75) is 48.6 Å². The first-order chi connectivity index (χ1) is 9.16. The van der Waals surface area contributed by atoms with Crippen molar-refractivity contribution in [3.05, 3.63) is 17.0 Å². The van der Waals surface area contributed by atoms with Crippen molar-refractivity contribution in [3.63, 3.8) is 0 Å². The Labute approximate surface area is 124 Å². The van der Waals surface area contributed by atoms with E-state index in [1.165, 1.54) is 29.0 Å². The van der Waals surface area contributed by atoms with E-state index in [-0.39, 0.29) is 0 Å². The topological polar surface area (TPSA) is 21.3 Å². The van der Waals surface area contributed by atoms with Crippen molar-refractivity contribution in [1.29, 1.82) is 0 Å². The summed E-state index contributed by atoms with van der Waals surface area (Å²) in [5.41, 5.74) is 1.95. The van der Waals surface area contributed by atoms with E-state index < -0.39 is 0 Å². The highest BCUT2D eigenvalue weighted by Gasteiger charge is 2.31. The maximum Gasteiger partial charge on any atom is 0.0649 e. The molecule has 1 fully saturated rings. The number of thioether (sulfide) groups is 1. The van der Waals surface area contributed by atoms with E-state index in [1.54, 1.807) is 0 Å². The largest absolute Gasteiger partial charge is 0.381 e. The highest BCUT2D eigenvalue weighted by atomic mass is 32.2. The minimum atomic E-state index is 0.419. The Kier molecular flexibility index (Phi) is 4.22. The molecule has 2 aliphatic rings. The van der Waals surface area contributed by atoms with Gasteiger partial charge in [0.25, 0.3) is 0 Å². The molecule has 1 N–H and O–H groups in total. The van der Waals surface area contributed by atoms with Gasteiger partial charge in [-0.15, -0.1) is 23.1 Å². The Morgan fingerprint density at radius 1 is 1.42 bits per heavy atom. The second-order valence-electron chi connectivity index (χ2n) is 6.18. The summed E-state index contributed by atoms with van der Waals surface area (Å²) in [6, 6.07) is 2.86. The molecule has 1 saturated heterocycles. The third-order valence-electron chi connectivity index (χ3n) is 4.38. The molecule has 0 spiro atoms. The number of fused-ring (bicyclic) bond motifs is 1. The van der Waals surface area contributed by atoms with Crippen molar-refractivity contribution < 1.29 is 4.74 Å². The summed E-state index contributed by atoms with van der Waals surface area (Å²) >= 11 is 3.94. The standard InChI is InChI=1S/C15H23NOS2/c1-11-9-13(12-3-8-18-14(12)19-11)16-10-15(2)4-6-17-7-5-15/h3,8,11,13,16H,4-7,9-10H2,1-2H3/t11-,13?/m0/s1. The Balaban J connectivity index is 1.64. The summed E-state index contributed by atoms with van der Waals surface area (Å²) in [5.74, 6) is 0. The van der Waals surface area contributed by atoms with Crippen LogP contribution in [0.2, 0.25) is 0 Å². The Morgan fingerprint density at radius 3 is 3.00 bits per heavy atom. The molecule has 106 valence electrons. The molecule has 3 heterocycles. The van der Waals surface area contributed by atoms with Crippen LogP contribution in [0.25, 0.3) is 0 Å². The molecule has 2 atom stereocenters. The van der Waals surface area contributed by atoms with Crippen LogP contribution in [0.5, 0.6) is 0 Å². The lowest BCUT2D eigenvalue weighted by atomic mass is 9.82. The molecular formula is C15H23NOS2. The summed E-state index contributed by atoms with van der Waals surface area (Å²) < 4.78 is 7.01. The fourth-order valence-corrected chi connectivity index (χ4v) is 5.52. The summed E-state index contributed by atoms with van der Waals surface area (Å²) in [7, 11) is 0. The van der Waals surface area contributed by atoms with Crippen LogP contribution in [0.4, 0.5) is 0 Å². The molecule has 2 aliphatic heterocycles. The van der Waals surface area contributed by atoms with E-state index in [9.17, 15) is 0 Å². The number of hydrogen-bond acceptors (Lipinski definition) is 4. The zero-order chi connectivity index (χ0) is 13.3. The lowest BCUT2D eigenvalue weighted by molar-refractivity contribution is 0.0227. The average Bonchev–Trinajstić information content (AvgIpc) is 2.85. The van der Waals surface area contributed by atoms with E-state index in [2.05, 4.69) is 30.6 Å². The van der Waals surface area contributed by atoms with Gasteiger partial charge in [-0.25, -0.2) is 0 Å². The number of ether oxygens (including phenoxy) is 1. The predicted molar refractivity (Wildman–Crippen MR) is 83.2 cm³/mol. The molecule has 4 heteroatoms. The normalized spacial score (nSPS) is 30.0. The smallest absolute Gasteiger partial charge is 0.0649 e. The zero-order valence-corrected chi connectivity index (χ0v) is 13.4. The lowest BCUT2D eigenvalue weighted by Crippen LogP contribution is -2.39. The van der Waals surface area contributed by atoms with Crippen LogP contribution in [0.1, 0.15) is 44.7 Å². The van der Waals surface area contributed by atoms with Crippen molar-refractivity contribution in [2.24, 2.45) is 5.41 Å². The molecule has 3 rings (SSSR count). The van der Waals surface area contributed by atoms with Gasteiger partial charge in [-0.3, -0.25) is 0 Å². The molecule has 2 nitrogen and oxygen atoms in total. The monoisotopic (exact) mass is 297 g/mol. The Hall–Kier alpha value is -0.0300. The summed E-state index contributed by atoms with van der Waals surface area (Å²) in [4.78, 5) is 0. The van der Waals surface area contributed by atoms with Gasteiger partial charge in [-0.05, 0) is 41.7 Å². The first kappa shape index (κ1) is 13.9. The molecule has 0 radical (unpaired) electrons. The van der Waals surface area contributed by atoms with Gasteiger partial charge in [-0.1, -0.05) is 13.8 Å². The summed E-state index contributed by atoms with van der Waals surface area (Å²) in [6.45, 7) is 7.72. The van der Waals surface area contributed by atoms with Crippen molar-refractivity contribution in [2.75, 3.05) is 19.8 Å².